The summed E-state index contributed by atoms with van der Waals surface area (Å²) in [5, 5.41) is 2.56. The number of carbonyl (C=O) groups excluding carboxylic acids is 1. The van der Waals surface area contributed by atoms with E-state index in [1.807, 2.05) is 0 Å². The molecule has 0 aliphatic rings. The molecule has 1 aromatic heterocycles. The lowest BCUT2D eigenvalue weighted by Gasteiger charge is -2.10. The van der Waals surface area contributed by atoms with Gasteiger partial charge in [0.15, 0.2) is 6.10 Å². The molecular formula is C16H16FNO3S. The summed E-state index contributed by atoms with van der Waals surface area (Å²) >= 11 is 1.41. The highest BCUT2D eigenvalue weighted by Gasteiger charge is 2.15. The fourth-order valence-electron chi connectivity index (χ4n) is 1.64. The van der Waals surface area contributed by atoms with Gasteiger partial charge >= 0.3 is 5.97 Å². The molecule has 0 saturated carbocycles. The molecular weight excluding hydrogens is 305 g/mol. The van der Waals surface area contributed by atoms with Gasteiger partial charge in [-0.1, -0.05) is 6.08 Å². The number of nitrogens with zero attached hydrogens (tertiary/aromatic N) is 1. The number of hydrogen-bond donors (Lipinski definition) is 0. The third-order valence-corrected chi connectivity index (χ3v) is 3.74. The van der Waals surface area contributed by atoms with Gasteiger partial charge < -0.3 is 9.47 Å². The van der Waals surface area contributed by atoms with Crippen molar-refractivity contribution in [2.75, 3.05) is 6.61 Å². The fourth-order valence-corrected chi connectivity index (χ4v) is 2.45. The number of ether oxygens (including phenoxy) is 2. The standard InChI is InChI=1S/C16H16FNO3S/c1-3-8-20-11(2)16(19)21-9-14-10-22-15(18-14)12-4-6-13(17)7-5-12/h3-7,10-11H,1,8-9H2,2H3. The quantitative estimate of drug-likeness (QED) is 0.578. The first-order chi connectivity index (χ1) is 10.6. The van der Waals surface area contributed by atoms with Crippen molar-refractivity contribution in [3.05, 3.63) is 53.8 Å². The van der Waals surface area contributed by atoms with Crippen LogP contribution in [0.3, 0.4) is 0 Å². The van der Waals surface area contributed by atoms with E-state index in [0.29, 0.717) is 12.3 Å². The van der Waals surface area contributed by atoms with Gasteiger partial charge in [-0.15, -0.1) is 17.9 Å². The molecule has 116 valence electrons. The Morgan fingerprint density at radius 3 is 2.86 bits per heavy atom. The first-order valence-electron chi connectivity index (χ1n) is 6.69. The second-order valence-electron chi connectivity index (χ2n) is 4.52. The first kappa shape index (κ1) is 16.3. The van der Waals surface area contributed by atoms with Crippen LogP contribution in [0.1, 0.15) is 12.6 Å². The van der Waals surface area contributed by atoms with E-state index in [0.717, 1.165) is 10.6 Å². The topological polar surface area (TPSA) is 48.4 Å². The minimum atomic E-state index is -0.645. The summed E-state index contributed by atoms with van der Waals surface area (Å²) in [6.07, 6.45) is 0.923. The molecule has 1 unspecified atom stereocenters. The summed E-state index contributed by atoms with van der Waals surface area (Å²) in [7, 11) is 0. The number of halogens is 1. The lowest BCUT2D eigenvalue weighted by molar-refractivity contribution is -0.156. The van der Waals surface area contributed by atoms with Crippen molar-refractivity contribution >= 4 is 17.3 Å². The van der Waals surface area contributed by atoms with E-state index >= 15 is 0 Å². The van der Waals surface area contributed by atoms with Gasteiger partial charge in [0, 0.05) is 10.9 Å². The van der Waals surface area contributed by atoms with Gasteiger partial charge in [-0.05, 0) is 31.2 Å². The normalized spacial score (nSPS) is 11.9. The van der Waals surface area contributed by atoms with Gasteiger partial charge in [-0.2, -0.15) is 0 Å². The summed E-state index contributed by atoms with van der Waals surface area (Å²) in [5.41, 5.74) is 1.47. The average Bonchev–Trinajstić information content (AvgIpc) is 2.99. The van der Waals surface area contributed by atoms with Crippen molar-refractivity contribution in [2.24, 2.45) is 0 Å². The summed E-state index contributed by atoms with van der Waals surface area (Å²) < 4.78 is 23.2. The van der Waals surface area contributed by atoms with Gasteiger partial charge in [-0.25, -0.2) is 14.2 Å². The second-order valence-corrected chi connectivity index (χ2v) is 5.38. The van der Waals surface area contributed by atoms with Crippen LogP contribution in [0.15, 0.2) is 42.3 Å². The van der Waals surface area contributed by atoms with Crippen molar-refractivity contribution < 1.29 is 18.7 Å². The molecule has 2 rings (SSSR count). The van der Waals surface area contributed by atoms with Gasteiger partial charge in [-0.3, -0.25) is 0 Å². The fraction of sp³-hybridized carbons (Fsp3) is 0.250. The monoisotopic (exact) mass is 321 g/mol. The molecule has 1 aromatic carbocycles. The van der Waals surface area contributed by atoms with E-state index in [9.17, 15) is 9.18 Å². The van der Waals surface area contributed by atoms with Gasteiger partial charge in [0.2, 0.25) is 0 Å². The van der Waals surface area contributed by atoms with Crippen LogP contribution >= 0.6 is 11.3 Å². The first-order valence-corrected chi connectivity index (χ1v) is 7.57. The predicted octanol–water partition coefficient (Wildman–Crippen LogP) is 3.58. The van der Waals surface area contributed by atoms with Crippen LogP contribution in [0.25, 0.3) is 10.6 Å². The maximum atomic E-state index is 12.9. The van der Waals surface area contributed by atoms with Crippen LogP contribution in [0, 0.1) is 5.82 Å². The lowest BCUT2D eigenvalue weighted by Crippen LogP contribution is -2.23. The Morgan fingerprint density at radius 1 is 1.45 bits per heavy atom. The van der Waals surface area contributed by atoms with Crippen LogP contribution in [0.4, 0.5) is 4.39 Å². The van der Waals surface area contributed by atoms with Crippen LogP contribution < -0.4 is 0 Å². The Bertz CT molecular complexity index is 639. The van der Waals surface area contributed by atoms with Crippen molar-refractivity contribution in [3.63, 3.8) is 0 Å². The minimum absolute atomic E-state index is 0.0817. The Kier molecular flexibility index (Phi) is 5.80. The highest BCUT2D eigenvalue weighted by Crippen LogP contribution is 2.24. The molecule has 22 heavy (non-hydrogen) atoms. The molecule has 4 nitrogen and oxygen atoms in total. The highest BCUT2D eigenvalue weighted by atomic mass is 32.1. The van der Waals surface area contributed by atoms with Crippen LogP contribution in [0.5, 0.6) is 0 Å². The van der Waals surface area contributed by atoms with Crippen molar-refractivity contribution in [2.45, 2.75) is 19.6 Å². The number of esters is 1. The number of carbonyl (C=O) groups is 1. The smallest absolute Gasteiger partial charge is 0.335 e. The van der Waals surface area contributed by atoms with E-state index in [1.54, 1.807) is 30.5 Å². The maximum Gasteiger partial charge on any atom is 0.335 e. The van der Waals surface area contributed by atoms with E-state index in [1.165, 1.54) is 23.5 Å². The maximum absolute atomic E-state index is 12.9. The van der Waals surface area contributed by atoms with Gasteiger partial charge in [0.1, 0.15) is 17.4 Å². The predicted molar refractivity (Wildman–Crippen MR) is 82.9 cm³/mol. The van der Waals surface area contributed by atoms with Crippen LogP contribution in [0.2, 0.25) is 0 Å². The third-order valence-electron chi connectivity index (χ3n) is 2.80. The molecule has 1 heterocycles. The molecule has 2 aromatic rings. The van der Waals surface area contributed by atoms with E-state index < -0.39 is 12.1 Å². The Hall–Kier alpha value is -2.05. The molecule has 0 radical (unpaired) electrons. The number of thiazole rings is 1. The van der Waals surface area contributed by atoms with Crippen LogP contribution in [-0.4, -0.2) is 23.7 Å². The number of rotatable bonds is 7. The highest BCUT2D eigenvalue weighted by molar-refractivity contribution is 7.13. The summed E-state index contributed by atoms with van der Waals surface area (Å²) in [4.78, 5) is 16.1. The molecule has 0 aliphatic carbocycles. The zero-order chi connectivity index (χ0) is 15.9. The van der Waals surface area contributed by atoms with E-state index in [4.69, 9.17) is 9.47 Å². The largest absolute Gasteiger partial charge is 0.457 e. The average molecular weight is 321 g/mol. The molecule has 0 aliphatic heterocycles. The molecule has 0 N–H and O–H groups in total. The number of aromatic nitrogens is 1. The molecule has 6 heteroatoms. The van der Waals surface area contributed by atoms with Gasteiger partial charge in [0.05, 0.1) is 12.3 Å². The number of hydrogen-bond acceptors (Lipinski definition) is 5. The zero-order valence-electron chi connectivity index (χ0n) is 12.1. The van der Waals surface area contributed by atoms with Crippen molar-refractivity contribution in [1.82, 2.24) is 4.98 Å². The third kappa shape index (κ3) is 4.47. The van der Waals surface area contributed by atoms with Crippen molar-refractivity contribution in [1.29, 1.82) is 0 Å². The number of benzene rings is 1. The SMILES string of the molecule is C=CCOC(C)C(=O)OCc1csc(-c2ccc(F)cc2)n1. The molecule has 0 spiro atoms. The summed E-state index contributed by atoms with van der Waals surface area (Å²) in [5.74, 6) is -0.735. The second kappa shape index (κ2) is 7.82. The minimum Gasteiger partial charge on any atom is -0.457 e. The van der Waals surface area contributed by atoms with Crippen LogP contribution in [-0.2, 0) is 20.9 Å². The Morgan fingerprint density at radius 2 is 2.18 bits per heavy atom. The van der Waals surface area contributed by atoms with E-state index in [2.05, 4.69) is 11.6 Å². The summed E-state index contributed by atoms with van der Waals surface area (Å²) in [6.45, 7) is 5.51. The zero-order valence-corrected chi connectivity index (χ0v) is 12.9. The van der Waals surface area contributed by atoms with Crippen molar-refractivity contribution in [3.8, 4) is 10.6 Å². The molecule has 0 bridgehead atoms. The molecule has 0 amide bonds. The van der Waals surface area contributed by atoms with Gasteiger partial charge in [0.25, 0.3) is 0 Å². The summed E-state index contributed by atoms with van der Waals surface area (Å²) in [6, 6.07) is 6.09. The molecule has 0 saturated heterocycles. The lowest BCUT2D eigenvalue weighted by atomic mass is 10.2. The Labute approximate surface area is 132 Å². The molecule has 0 fully saturated rings. The van der Waals surface area contributed by atoms with E-state index in [-0.39, 0.29) is 12.4 Å². The Balaban J connectivity index is 1.91. The molecule has 1 atom stereocenters.